The number of carboxylic acid groups (broad SMARTS) is 1. The van der Waals surface area contributed by atoms with Crippen molar-refractivity contribution in [3.05, 3.63) is 12.0 Å². The number of rotatable bonds is 7. The number of amides is 2. The number of carboxylic acids is 1. The minimum Gasteiger partial charge on any atom is -0.480 e. The predicted octanol–water partition coefficient (Wildman–Crippen LogP) is 0.0905. The van der Waals surface area contributed by atoms with Gasteiger partial charge in [-0.15, -0.1) is 9.63 Å². The van der Waals surface area contributed by atoms with E-state index in [-0.39, 0.29) is 17.3 Å². The average Bonchev–Trinajstić information content (AvgIpc) is 2.89. The number of H-pyrrole nitrogens is 1. The number of hydrogen-bond donors (Lipinski definition) is 4. The fraction of sp³-hybridized carbons (Fsp3) is 0.400. The Balaban J connectivity index is 2.58. The summed E-state index contributed by atoms with van der Waals surface area (Å²) >= 11 is 0.835. The van der Waals surface area contributed by atoms with Gasteiger partial charge in [-0.05, 0) is 0 Å². The normalized spacial score (nSPS) is 12.1. The van der Waals surface area contributed by atoms with E-state index in [0.29, 0.717) is 0 Å². The lowest BCUT2D eigenvalue weighted by Gasteiger charge is -2.10. The molecule has 0 saturated carbocycles. The first kappa shape index (κ1) is 16.6. The highest BCUT2D eigenvalue weighted by Crippen LogP contribution is 2.17. The molecule has 0 aliphatic heterocycles. The maximum absolute atomic E-state index is 11.4. The number of carbonyl (C=O) groups is 3. The van der Waals surface area contributed by atoms with Gasteiger partial charge < -0.3 is 20.7 Å². The summed E-state index contributed by atoms with van der Waals surface area (Å²) in [6.07, 6.45) is 1.29. The molecule has 0 aromatic carbocycles. The average molecular weight is 314 g/mol. The molecular formula is C10H14N6O4S. The zero-order valence-corrected chi connectivity index (χ0v) is 12.1. The van der Waals surface area contributed by atoms with Crippen LogP contribution in [0, 0.1) is 0 Å². The van der Waals surface area contributed by atoms with Crippen molar-refractivity contribution in [3.63, 3.8) is 0 Å². The third kappa shape index (κ3) is 5.22. The molecule has 0 fully saturated rings. The van der Waals surface area contributed by atoms with E-state index < -0.39 is 23.8 Å². The molecule has 0 spiro atoms. The molecule has 1 heterocycles. The predicted molar refractivity (Wildman–Crippen MR) is 74.2 cm³/mol. The summed E-state index contributed by atoms with van der Waals surface area (Å²) in [5.41, 5.74) is 0.151. The molecule has 1 aromatic heterocycles. The van der Waals surface area contributed by atoms with Crippen molar-refractivity contribution in [2.75, 3.05) is 12.8 Å². The highest BCUT2D eigenvalue weighted by molar-refractivity contribution is 7.97. The molecule has 2 amide bonds. The Morgan fingerprint density at radius 3 is 2.81 bits per heavy atom. The summed E-state index contributed by atoms with van der Waals surface area (Å²) in [5, 5.41) is 17.3. The van der Waals surface area contributed by atoms with Crippen LogP contribution in [-0.4, -0.2) is 51.7 Å². The van der Waals surface area contributed by atoms with E-state index >= 15 is 0 Å². The third-order valence-electron chi connectivity index (χ3n) is 2.18. The molecule has 4 N–H and O–H groups in total. The van der Waals surface area contributed by atoms with Gasteiger partial charge in [-0.2, -0.15) is 0 Å². The van der Waals surface area contributed by atoms with Gasteiger partial charge in [-0.3, -0.25) is 9.59 Å². The molecule has 1 rings (SSSR count). The van der Waals surface area contributed by atoms with Gasteiger partial charge in [0.25, 0.3) is 5.91 Å². The number of nitrogens with zero attached hydrogens (tertiary/aromatic N) is 3. The first-order valence-corrected chi connectivity index (χ1v) is 6.68. The number of carbonyl (C=O) groups excluding carboxylic acids is 2. The van der Waals surface area contributed by atoms with E-state index in [1.54, 1.807) is 0 Å². The molecule has 21 heavy (non-hydrogen) atoms. The van der Waals surface area contributed by atoms with E-state index in [2.05, 4.69) is 30.2 Å². The van der Waals surface area contributed by atoms with Crippen LogP contribution in [0.25, 0.3) is 0 Å². The first-order valence-electron chi connectivity index (χ1n) is 5.74. The second-order valence-corrected chi connectivity index (χ2v) is 4.50. The monoisotopic (exact) mass is 314 g/mol. The molecule has 0 aliphatic carbocycles. The van der Waals surface area contributed by atoms with Crippen LogP contribution in [0.1, 0.15) is 17.4 Å². The minimum atomic E-state index is -1.17. The van der Waals surface area contributed by atoms with Crippen LogP contribution in [0.4, 0.5) is 5.82 Å². The second-order valence-electron chi connectivity index (χ2n) is 3.75. The van der Waals surface area contributed by atoms with Crippen LogP contribution in [0.15, 0.2) is 16.0 Å². The molecule has 0 bridgehead atoms. The Hall–Kier alpha value is -2.43. The van der Waals surface area contributed by atoms with Gasteiger partial charge in [0, 0.05) is 31.7 Å². The van der Waals surface area contributed by atoms with Gasteiger partial charge in [0.15, 0.2) is 5.69 Å². The number of aromatic nitrogens is 2. The van der Waals surface area contributed by atoms with E-state index in [0.717, 1.165) is 11.9 Å². The molecule has 10 nitrogen and oxygen atoms in total. The maximum atomic E-state index is 11.4. The Kier molecular flexibility index (Phi) is 6.33. The molecule has 11 heteroatoms. The standard InChI is InChI=1S/C10H14N6O4S/c1-5(17)14-6(10(19)20)3-21-16-15-8-7(9(18)11-2)12-4-13-8/h4,6H,3H2,1-2H3,(H,11,18)(H,12,13)(H,14,17)(H,19,20)/b16-15+. The summed E-state index contributed by atoms with van der Waals surface area (Å²) < 4.78 is 3.69. The van der Waals surface area contributed by atoms with Crippen LogP contribution in [0.2, 0.25) is 0 Å². The Labute approximate surface area is 123 Å². The zero-order valence-electron chi connectivity index (χ0n) is 11.3. The topological polar surface area (TPSA) is 149 Å². The van der Waals surface area contributed by atoms with Crippen LogP contribution < -0.4 is 10.6 Å². The highest BCUT2D eigenvalue weighted by Gasteiger charge is 2.18. The number of hydrogen-bond acceptors (Lipinski definition) is 7. The second kappa shape index (κ2) is 7.99. The van der Waals surface area contributed by atoms with E-state index in [1.807, 2.05) is 0 Å². The van der Waals surface area contributed by atoms with Gasteiger partial charge in [-0.1, -0.05) is 0 Å². The van der Waals surface area contributed by atoms with Crippen LogP contribution in [0.5, 0.6) is 0 Å². The largest absolute Gasteiger partial charge is 0.480 e. The number of aliphatic carboxylic acids is 1. The van der Waals surface area contributed by atoms with Crippen molar-refractivity contribution < 1.29 is 19.5 Å². The molecule has 0 radical (unpaired) electrons. The quantitative estimate of drug-likeness (QED) is 0.414. The maximum Gasteiger partial charge on any atom is 0.327 e. The van der Waals surface area contributed by atoms with Gasteiger partial charge in [0.1, 0.15) is 6.04 Å². The molecule has 0 saturated heterocycles. The smallest absolute Gasteiger partial charge is 0.327 e. The Morgan fingerprint density at radius 1 is 1.52 bits per heavy atom. The Morgan fingerprint density at radius 2 is 2.24 bits per heavy atom. The van der Waals surface area contributed by atoms with E-state index in [9.17, 15) is 14.4 Å². The van der Waals surface area contributed by atoms with Gasteiger partial charge in [0.2, 0.25) is 11.7 Å². The van der Waals surface area contributed by atoms with Gasteiger partial charge in [-0.25, -0.2) is 9.78 Å². The van der Waals surface area contributed by atoms with Crippen LogP contribution in [-0.2, 0) is 9.59 Å². The fourth-order valence-corrected chi connectivity index (χ4v) is 1.83. The van der Waals surface area contributed by atoms with Crippen molar-refractivity contribution in [2.24, 2.45) is 9.63 Å². The fourth-order valence-electron chi connectivity index (χ4n) is 1.25. The molecule has 1 atom stereocenters. The van der Waals surface area contributed by atoms with Gasteiger partial charge >= 0.3 is 5.97 Å². The third-order valence-corrected chi connectivity index (χ3v) is 2.86. The summed E-state index contributed by atoms with van der Waals surface area (Å²) in [7, 11) is 1.46. The summed E-state index contributed by atoms with van der Waals surface area (Å²) in [6, 6.07) is -1.07. The lowest BCUT2D eigenvalue weighted by molar-refractivity contribution is -0.140. The molecule has 1 unspecified atom stereocenters. The molecule has 0 aliphatic rings. The molecule has 1 aromatic rings. The number of aromatic amines is 1. The van der Waals surface area contributed by atoms with Crippen LogP contribution >= 0.6 is 11.9 Å². The first-order chi connectivity index (χ1) is 9.95. The Bertz CT molecular complexity index is 557. The van der Waals surface area contributed by atoms with Gasteiger partial charge in [0.05, 0.1) is 6.33 Å². The zero-order chi connectivity index (χ0) is 15.8. The summed E-state index contributed by atoms with van der Waals surface area (Å²) in [4.78, 5) is 39.6. The SMILES string of the molecule is CNC(=O)c1[nH]cnc1/N=N/SCC(NC(C)=O)C(=O)O. The minimum absolute atomic E-state index is 0.00184. The van der Waals surface area contributed by atoms with Crippen LogP contribution in [0.3, 0.4) is 0 Å². The van der Waals surface area contributed by atoms with E-state index in [1.165, 1.54) is 20.3 Å². The lowest BCUT2D eigenvalue weighted by Crippen LogP contribution is -2.41. The van der Waals surface area contributed by atoms with Crippen molar-refractivity contribution in [2.45, 2.75) is 13.0 Å². The van der Waals surface area contributed by atoms with Crippen molar-refractivity contribution in [3.8, 4) is 0 Å². The van der Waals surface area contributed by atoms with Crippen molar-refractivity contribution >= 4 is 35.5 Å². The van der Waals surface area contributed by atoms with Crippen molar-refractivity contribution in [1.82, 2.24) is 20.6 Å². The van der Waals surface area contributed by atoms with E-state index in [4.69, 9.17) is 5.11 Å². The number of imidazole rings is 1. The molecular weight excluding hydrogens is 300 g/mol. The highest BCUT2D eigenvalue weighted by atomic mass is 32.2. The summed E-state index contributed by atoms with van der Waals surface area (Å²) in [6.45, 7) is 1.22. The van der Waals surface area contributed by atoms with Crippen molar-refractivity contribution in [1.29, 1.82) is 0 Å². The molecule has 114 valence electrons. The lowest BCUT2D eigenvalue weighted by atomic mass is 10.3. The summed E-state index contributed by atoms with van der Waals surface area (Å²) in [5.74, 6) is -1.92. The number of nitrogens with one attached hydrogen (secondary N) is 3.